The van der Waals surface area contributed by atoms with Crippen molar-refractivity contribution < 1.29 is 9.53 Å². The van der Waals surface area contributed by atoms with Gasteiger partial charge in [0.15, 0.2) is 0 Å². The van der Waals surface area contributed by atoms with Gasteiger partial charge in [-0.15, -0.1) is 0 Å². The van der Waals surface area contributed by atoms with Gasteiger partial charge in [0.05, 0.1) is 6.04 Å². The normalized spacial score (nSPS) is 11.3. The van der Waals surface area contributed by atoms with Crippen LogP contribution in [0.1, 0.15) is 46.0 Å². The van der Waals surface area contributed by atoms with Crippen molar-refractivity contribution in [2.45, 2.75) is 38.3 Å². The van der Waals surface area contributed by atoms with Gasteiger partial charge in [-0.25, -0.2) is 0 Å². The van der Waals surface area contributed by atoms with Gasteiger partial charge in [-0.1, -0.05) is 96.5 Å². The number of benzene rings is 4. The van der Waals surface area contributed by atoms with E-state index in [1.165, 1.54) is 38.9 Å². The van der Waals surface area contributed by atoms with E-state index in [0.717, 1.165) is 42.8 Å². The lowest BCUT2D eigenvalue weighted by atomic mass is 9.97. The van der Waals surface area contributed by atoms with Gasteiger partial charge >= 0.3 is 0 Å². The molecule has 0 bridgehead atoms. The minimum atomic E-state index is 0.0489. The Balaban J connectivity index is 1.56. The van der Waals surface area contributed by atoms with Crippen LogP contribution >= 0.6 is 11.6 Å². The average Bonchev–Trinajstić information content (AvgIpc) is 3.28. The van der Waals surface area contributed by atoms with Crippen molar-refractivity contribution in [3.63, 3.8) is 0 Å². The molecule has 0 amide bonds. The molecule has 0 atom stereocenters. The molecule has 0 aliphatic rings. The topological polar surface area (TPSA) is 43.3 Å². The number of hydrogen-bond donors (Lipinski definition) is 1. The van der Waals surface area contributed by atoms with Crippen LogP contribution < -0.4 is 5.32 Å². The van der Waals surface area contributed by atoms with E-state index in [4.69, 9.17) is 16.3 Å². The van der Waals surface area contributed by atoms with Crippen molar-refractivity contribution in [1.82, 2.24) is 9.88 Å². The van der Waals surface area contributed by atoms with Gasteiger partial charge in [0, 0.05) is 34.6 Å². The Morgan fingerprint density at radius 1 is 0.825 bits per heavy atom. The highest BCUT2D eigenvalue weighted by Gasteiger charge is 2.25. The number of rotatable bonds is 13. The summed E-state index contributed by atoms with van der Waals surface area (Å²) in [6.45, 7) is 1.68. The molecule has 0 saturated heterocycles. The van der Waals surface area contributed by atoms with Crippen LogP contribution in [0.3, 0.4) is 0 Å². The number of hydrogen-bond acceptors (Lipinski definition) is 3. The molecule has 0 aliphatic carbocycles. The van der Waals surface area contributed by atoms with E-state index in [2.05, 4.69) is 94.8 Å². The van der Waals surface area contributed by atoms with E-state index >= 15 is 0 Å². The predicted molar refractivity (Wildman–Crippen MR) is 164 cm³/mol. The monoisotopic (exact) mass is 550 g/mol. The predicted octanol–water partition coefficient (Wildman–Crippen LogP) is 7.54. The van der Waals surface area contributed by atoms with E-state index in [-0.39, 0.29) is 6.04 Å². The Bertz CT molecular complexity index is 1490. The van der Waals surface area contributed by atoms with Crippen molar-refractivity contribution in [2.75, 3.05) is 13.6 Å². The molecular weight excluding hydrogens is 516 g/mol. The Morgan fingerprint density at radius 2 is 1.48 bits per heavy atom. The third-order valence-electron chi connectivity index (χ3n) is 7.52. The number of likely N-dealkylation sites (N-methyl/N-ethyl adjacent to an activating group) is 1. The largest absolute Gasteiger partial charge is 0.463 e. The summed E-state index contributed by atoms with van der Waals surface area (Å²) >= 11 is 6.60. The maximum Gasteiger partial charge on any atom is 0.293 e. The van der Waals surface area contributed by atoms with Gasteiger partial charge in [-0.2, -0.15) is 0 Å². The molecule has 40 heavy (non-hydrogen) atoms. The molecule has 1 N–H and O–H groups in total. The summed E-state index contributed by atoms with van der Waals surface area (Å²) in [5.41, 5.74) is 8.73. The molecule has 204 valence electrons. The molecule has 5 rings (SSSR count). The van der Waals surface area contributed by atoms with E-state index in [1.54, 1.807) is 0 Å². The van der Waals surface area contributed by atoms with Crippen molar-refractivity contribution in [3.05, 3.63) is 142 Å². The second-order valence-electron chi connectivity index (χ2n) is 10.1. The first-order valence-electron chi connectivity index (χ1n) is 13.9. The van der Waals surface area contributed by atoms with Crippen LogP contribution in [-0.2, 0) is 35.4 Å². The first kappa shape index (κ1) is 27.7. The van der Waals surface area contributed by atoms with Crippen LogP contribution in [0.2, 0.25) is 5.02 Å². The number of nitrogens with zero attached hydrogens (tertiary/aromatic N) is 1. The molecule has 5 heteroatoms. The van der Waals surface area contributed by atoms with Crippen LogP contribution in [0, 0.1) is 0 Å². The zero-order valence-electron chi connectivity index (χ0n) is 22.9. The van der Waals surface area contributed by atoms with E-state index in [0.29, 0.717) is 13.1 Å². The fourth-order valence-corrected chi connectivity index (χ4v) is 5.83. The zero-order valence-corrected chi connectivity index (χ0v) is 23.6. The quantitative estimate of drug-likeness (QED) is 0.154. The first-order valence-corrected chi connectivity index (χ1v) is 14.3. The summed E-state index contributed by atoms with van der Waals surface area (Å²) in [6, 6.07) is 36.3. The van der Waals surface area contributed by atoms with Crippen LogP contribution in [0.25, 0.3) is 10.9 Å². The smallest absolute Gasteiger partial charge is 0.293 e. The summed E-state index contributed by atoms with van der Waals surface area (Å²) < 4.78 is 7.43. The van der Waals surface area contributed by atoms with Crippen molar-refractivity contribution in [2.24, 2.45) is 0 Å². The Labute approximate surface area is 241 Å². The summed E-state index contributed by atoms with van der Waals surface area (Å²) in [6.07, 6.45) is 3.85. The molecule has 4 aromatic carbocycles. The zero-order chi connectivity index (χ0) is 27.7. The molecule has 0 saturated carbocycles. The van der Waals surface area contributed by atoms with Gasteiger partial charge in [0.2, 0.25) is 0 Å². The fourth-order valence-electron chi connectivity index (χ4n) is 5.66. The summed E-state index contributed by atoms with van der Waals surface area (Å²) in [7, 11) is 2.01. The van der Waals surface area contributed by atoms with Crippen molar-refractivity contribution >= 4 is 29.0 Å². The van der Waals surface area contributed by atoms with Gasteiger partial charge < -0.3 is 14.6 Å². The van der Waals surface area contributed by atoms with Gasteiger partial charge in [0.25, 0.3) is 6.47 Å². The minimum absolute atomic E-state index is 0.0489. The second-order valence-corrected chi connectivity index (χ2v) is 10.5. The molecule has 0 radical (unpaired) electrons. The number of halogens is 1. The number of aromatic nitrogens is 1. The lowest BCUT2D eigenvalue weighted by Crippen LogP contribution is -2.19. The number of carbonyl (C=O) groups is 1. The maximum absolute atomic E-state index is 10.5. The minimum Gasteiger partial charge on any atom is -0.463 e. The first-order chi connectivity index (χ1) is 19.7. The van der Waals surface area contributed by atoms with Crippen LogP contribution in [0.15, 0.2) is 103 Å². The van der Waals surface area contributed by atoms with E-state index < -0.39 is 0 Å². The number of nitrogens with one attached hydrogen (secondary N) is 1. The lowest BCUT2D eigenvalue weighted by molar-refractivity contribution is -0.129. The van der Waals surface area contributed by atoms with E-state index in [1.807, 2.05) is 25.2 Å². The van der Waals surface area contributed by atoms with Gasteiger partial charge in [0.1, 0.15) is 6.61 Å². The summed E-state index contributed by atoms with van der Waals surface area (Å²) in [5, 5.41) is 5.37. The molecule has 0 unspecified atom stereocenters. The molecule has 1 aromatic heterocycles. The van der Waals surface area contributed by atoms with Crippen LogP contribution in [0.5, 0.6) is 0 Å². The van der Waals surface area contributed by atoms with Crippen LogP contribution in [0.4, 0.5) is 0 Å². The van der Waals surface area contributed by atoms with Crippen LogP contribution in [-0.4, -0.2) is 24.6 Å². The third kappa shape index (κ3) is 6.30. The Kier molecular flexibility index (Phi) is 9.33. The summed E-state index contributed by atoms with van der Waals surface area (Å²) in [5.74, 6) is 0. The molecule has 0 aliphatic heterocycles. The standard InChI is InChI=1S/C35H35ClN2O2/c1-37-22-21-34-31(14-8-9-26-15-17-27(18-16-26)24-40-25-39)32-23-30(36)19-20-33(32)38(34)35(28-10-4-2-5-11-28)29-12-6-3-7-13-29/h2-7,10-13,15-20,23,25,35,37H,8-9,14,21-22,24H2,1H3. The molecule has 0 fully saturated rings. The number of fused-ring (bicyclic) bond motifs is 1. The molecule has 1 heterocycles. The highest BCUT2D eigenvalue weighted by molar-refractivity contribution is 6.31. The average molecular weight is 551 g/mol. The van der Waals surface area contributed by atoms with Crippen molar-refractivity contribution in [3.8, 4) is 0 Å². The summed E-state index contributed by atoms with van der Waals surface area (Å²) in [4.78, 5) is 10.5. The molecule has 5 aromatic rings. The van der Waals surface area contributed by atoms with Crippen molar-refractivity contribution in [1.29, 1.82) is 0 Å². The molecule has 4 nitrogen and oxygen atoms in total. The molecular formula is C35H35ClN2O2. The van der Waals surface area contributed by atoms with E-state index in [9.17, 15) is 4.79 Å². The molecule has 0 spiro atoms. The maximum atomic E-state index is 10.5. The second kappa shape index (κ2) is 13.5. The van der Waals surface area contributed by atoms with Gasteiger partial charge in [-0.3, -0.25) is 4.79 Å². The number of carbonyl (C=O) groups excluding carboxylic acids is 1. The lowest BCUT2D eigenvalue weighted by Gasteiger charge is -2.25. The fraction of sp³-hybridized carbons (Fsp3) is 0.229. The third-order valence-corrected chi connectivity index (χ3v) is 7.75. The highest BCUT2D eigenvalue weighted by atomic mass is 35.5. The SMILES string of the molecule is CNCCc1c(CCCc2ccc(COC=O)cc2)c2cc(Cl)ccc2n1C(c1ccccc1)c1ccccc1. The number of aryl methyl sites for hydroxylation is 2. The highest BCUT2D eigenvalue weighted by Crippen LogP contribution is 2.38. The Hall–Kier alpha value is -3.86. The van der Waals surface area contributed by atoms with Gasteiger partial charge in [-0.05, 0) is 72.3 Å². The number of ether oxygens (including phenoxy) is 1. The Morgan fingerprint density at radius 3 is 2.10 bits per heavy atom.